The van der Waals surface area contributed by atoms with E-state index in [-0.39, 0.29) is 18.1 Å². The van der Waals surface area contributed by atoms with E-state index in [0.29, 0.717) is 0 Å². The number of hydrogen-bond acceptors (Lipinski definition) is 5. The molecule has 6 heteroatoms. The minimum Gasteiger partial charge on any atom is -0.310 e. The first-order valence-corrected chi connectivity index (χ1v) is 12.7. The predicted octanol–water partition coefficient (Wildman–Crippen LogP) is 5.62. The Morgan fingerprint density at radius 1 is 0.828 bits per heavy atom. The molecule has 0 aromatic heterocycles. The van der Waals surface area contributed by atoms with Crippen LogP contribution in [-0.2, 0) is 9.59 Å². The Balaban J connectivity index is 3.58. The number of nitrogens with zero attached hydrogens (tertiary/aromatic N) is 1. The molecule has 0 aliphatic rings. The van der Waals surface area contributed by atoms with Crippen molar-refractivity contribution < 1.29 is 9.59 Å². The fourth-order valence-corrected chi connectivity index (χ4v) is 4.66. The zero-order valence-corrected chi connectivity index (χ0v) is 20.8. The lowest BCUT2D eigenvalue weighted by Crippen LogP contribution is -2.59. The number of nitrogens with one attached hydrogen (secondary N) is 1. The van der Waals surface area contributed by atoms with Gasteiger partial charge in [0.05, 0.1) is 6.54 Å². The second-order valence-corrected chi connectivity index (χ2v) is 9.04. The molecule has 4 nitrogen and oxygen atoms in total. The van der Waals surface area contributed by atoms with E-state index in [0.717, 1.165) is 13.0 Å². The molecule has 0 aliphatic heterocycles. The van der Waals surface area contributed by atoms with Crippen molar-refractivity contribution in [1.29, 1.82) is 0 Å². The van der Waals surface area contributed by atoms with Crippen molar-refractivity contribution in [3.8, 4) is 0 Å². The third-order valence-electron chi connectivity index (χ3n) is 5.77. The minimum absolute atomic E-state index is 0.0850. The van der Waals surface area contributed by atoms with E-state index in [1.54, 1.807) is 19.0 Å². The molecule has 0 aromatic carbocycles. The number of unbranched alkanes of at least 4 members (excludes halogenated alkanes) is 13. The maximum Gasteiger partial charge on any atom is 0.250 e. The molecule has 1 N–H and O–H groups in total. The highest BCUT2D eigenvalue weighted by atomic mass is 35.5. The maximum atomic E-state index is 12.5. The smallest absolute Gasteiger partial charge is 0.250 e. The van der Waals surface area contributed by atoms with Gasteiger partial charge in [0, 0.05) is 5.75 Å². The average molecular weight is 449 g/mol. The number of halogens is 1. The number of likely N-dealkylation sites (N-methyl/N-ethyl adjacent to an activating group) is 1. The molecule has 1 atom stereocenters. The molecule has 0 spiro atoms. The highest BCUT2D eigenvalue weighted by Gasteiger charge is 2.45. The highest BCUT2D eigenvalue weighted by Crippen LogP contribution is 2.19. The molecule has 29 heavy (non-hydrogen) atoms. The Labute approximate surface area is 190 Å². The van der Waals surface area contributed by atoms with Crippen LogP contribution in [0.1, 0.15) is 96.8 Å². The van der Waals surface area contributed by atoms with Crippen LogP contribution in [0, 0.1) is 0 Å². The second-order valence-electron chi connectivity index (χ2n) is 8.38. The number of rotatable bonds is 21. The summed E-state index contributed by atoms with van der Waals surface area (Å²) in [5.74, 6) is -0.135. The summed E-state index contributed by atoms with van der Waals surface area (Å²) < 4.78 is 0. The number of ketones is 1. The van der Waals surface area contributed by atoms with Crippen LogP contribution in [0.4, 0.5) is 0 Å². The van der Waals surface area contributed by atoms with Gasteiger partial charge in [-0.15, -0.1) is 0 Å². The summed E-state index contributed by atoms with van der Waals surface area (Å²) in [7, 11) is 3.37. The van der Waals surface area contributed by atoms with Gasteiger partial charge in [-0.1, -0.05) is 90.4 Å². The van der Waals surface area contributed by atoms with Crippen LogP contribution in [-0.4, -0.2) is 54.4 Å². The van der Waals surface area contributed by atoms with Crippen LogP contribution < -0.4 is 5.32 Å². The first-order valence-electron chi connectivity index (χ1n) is 11.7. The summed E-state index contributed by atoms with van der Waals surface area (Å²) in [5.41, 5.74) is -1.34. The van der Waals surface area contributed by atoms with Gasteiger partial charge in [-0.05, 0) is 38.7 Å². The second kappa shape index (κ2) is 18.7. The maximum absolute atomic E-state index is 12.5. The van der Waals surface area contributed by atoms with Gasteiger partial charge in [-0.2, -0.15) is 12.6 Å². The SMILES string of the molecule is CCCCCCCCCCCCCCCCNCC(=O)[C@](CS)(C(=O)Cl)N(C)C. The summed E-state index contributed by atoms with van der Waals surface area (Å²) in [4.78, 5) is 25.8. The van der Waals surface area contributed by atoms with Gasteiger partial charge in [-0.3, -0.25) is 14.5 Å². The van der Waals surface area contributed by atoms with Crippen molar-refractivity contribution in [2.45, 2.75) is 102 Å². The Morgan fingerprint density at radius 2 is 1.24 bits per heavy atom. The molecule has 0 radical (unpaired) electrons. The Morgan fingerprint density at radius 3 is 1.59 bits per heavy atom. The van der Waals surface area contributed by atoms with Gasteiger partial charge < -0.3 is 5.32 Å². The zero-order chi connectivity index (χ0) is 22.0. The van der Waals surface area contributed by atoms with E-state index in [9.17, 15) is 9.59 Å². The van der Waals surface area contributed by atoms with Crippen LogP contribution in [0.25, 0.3) is 0 Å². The van der Waals surface area contributed by atoms with Gasteiger partial charge in [0.2, 0.25) is 0 Å². The lowest BCUT2D eigenvalue weighted by Gasteiger charge is -2.33. The summed E-state index contributed by atoms with van der Waals surface area (Å²) >= 11 is 9.87. The predicted molar refractivity (Wildman–Crippen MR) is 129 cm³/mol. The van der Waals surface area contributed by atoms with Crippen molar-refractivity contribution in [2.24, 2.45) is 0 Å². The van der Waals surface area contributed by atoms with Crippen LogP contribution in [0.5, 0.6) is 0 Å². The Kier molecular flexibility index (Phi) is 18.6. The van der Waals surface area contributed by atoms with Crippen molar-refractivity contribution in [3.05, 3.63) is 0 Å². The average Bonchev–Trinajstić information content (AvgIpc) is 2.68. The van der Waals surface area contributed by atoms with Crippen LogP contribution >= 0.6 is 24.2 Å². The van der Waals surface area contributed by atoms with Gasteiger partial charge >= 0.3 is 0 Å². The number of thiol groups is 1. The van der Waals surface area contributed by atoms with Gasteiger partial charge in [0.25, 0.3) is 5.24 Å². The van der Waals surface area contributed by atoms with Gasteiger partial charge in [0.15, 0.2) is 11.3 Å². The summed E-state index contributed by atoms with van der Waals surface area (Å²) in [6.07, 6.45) is 18.7. The molecule has 0 aliphatic carbocycles. The van der Waals surface area contributed by atoms with Gasteiger partial charge in [0.1, 0.15) is 0 Å². The topological polar surface area (TPSA) is 49.4 Å². The van der Waals surface area contributed by atoms with Crippen molar-refractivity contribution in [2.75, 3.05) is 32.9 Å². The normalized spacial score (nSPS) is 13.6. The number of Topliss-reactive ketones (excluding diaryl/α,β-unsaturated/α-hetero) is 1. The van der Waals surface area contributed by atoms with Crippen molar-refractivity contribution in [1.82, 2.24) is 10.2 Å². The standard InChI is InChI=1S/C23H45ClN2O2S/c1-4-5-6-7-8-9-10-11-12-13-14-15-16-17-18-25-19-21(27)23(20-29,22(24)28)26(2)3/h25,29H,4-20H2,1-3H3/t23-/m1/s1. The van der Waals surface area contributed by atoms with Crippen LogP contribution in [0.15, 0.2) is 0 Å². The van der Waals surface area contributed by atoms with E-state index in [2.05, 4.69) is 24.9 Å². The molecule has 0 rings (SSSR count). The Bertz CT molecular complexity index is 435. The molecule has 0 saturated carbocycles. The fraction of sp³-hybridized carbons (Fsp3) is 0.913. The van der Waals surface area contributed by atoms with E-state index in [4.69, 9.17) is 11.6 Å². The number of hydrogen-bond donors (Lipinski definition) is 2. The first-order chi connectivity index (χ1) is 13.9. The molecule has 0 fully saturated rings. The van der Waals surface area contributed by atoms with Crippen LogP contribution in [0.2, 0.25) is 0 Å². The third-order valence-corrected chi connectivity index (χ3v) is 6.54. The number of carbonyl (C=O) groups excluding carboxylic acids is 2. The van der Waals surface area contributed by atoms with E-state index < -0.39 is 10.8 Å². The van der Waals surface area contributed by atoms with Crippen LogP contribution in [0.3, 0.4) is 0 Å². The molecule has 0 amide bonds. The van der Waals surface area contributed by atoms with Crippen molar-refractivity contribution in [3.63, 3.8) is 0 Å². The molecule has 172 valence electrons. The van der Waals surface area contributed by atoms with E-state index in [1.165, 1.54) is 83.5 Å². The van der Waals surface area contributed by atoms with E-state index in [1.807, 2.05) is 0 Å². The summed E-state index contributed by atoms with van der Waals surface area (Å²) in [6, 6.07) is 0. The quantitative estimate of drug-likeness (QED) is 0.103. The summed E-state index contributed by atoms with van der Waals surface area (Å²) in [5, 5.41) is 2.49. The molecular weight excluding hydrogens is 404 g/mol. The molecule has 0 unspecified atom stereocenters. The molecule has 0 heterocycles. The molecule has 0 saturated heterocycles. The van der Waals surface area contributed by atoms with E-state index >= 15 is 0 Å². The summed E-state index contributed by atoms with van der Waals surface area (Å²) in [6.45, 7) is 3.20. The molecule has 0 bridgehead atoms. The zero-order valence-electron chi connectivity index (χ0n) is 19.1. The monoisotopic (exact) mass is 448 g/mol. The number of carbonyl (C=O) groups is 2. The molecular formula is C23H45ClN2O2S. The Hall–Kier alpha value is -0.100. The lowest BCUT2D eigenvalue weighted by atomic mass is 9.96. The first kappa shape index (κ1) is 28.9. The molecule has 0 aromatic rings. The minimum atomic E-state index is -1.34. The van der Waals surface area contributed by atoms with Crippen molar-refractivity contribution >= 4 is 35.3 Å². The largest absolute Gasteiger partial charge is 0.310 e. The van der Waals surface area contributed by atoms with Gasteiger partial charge in [-0.25, -0.2) is 0 Å². The lowest BCUT2D eigenvalue weighted by molar-refractivity contribution is -0.135. The highest BCUT2D eigenvalue weighted by molar-refractivity contribution is 7.80. The fourth-order valence-electron chi connectivity index (χ4n) is 3.62. The third kappa shape index (κ3) is 12.4.